The van der Waals surface area contributed by atoms with E-state index in [-0.39, 0.29) is 16.3 Å². The van der Waals surface area contributed by atoms with E-state index < -0.39 is 15.6 Å². The van der Waals surface area contributed by atoms with Gasteiger partial charge in [0.2, 0.25) is 10.0 Å². The Kier molecular flexibility index (Phi) is 3.95. The summed E-state index contributed by atoms with van der Waals surface area (Å²) in [5.74, 6) is -0.121. The van der Waals surface area contributed by atoms with Gasteiger partial charge in [0.15, 0.2) is 0 Å². The molecular weight excluding hydrogens is 280 g/mol. The summed E-state index contributed by atoms with van der Waals surface area (Å²) in [5, 5.41) is 9.39. The van der Waals surface area contributed by atoms with Crippen molar-refractivity contribution in [3.05, 3.63) is 18.2 Å². The minimum atomic E-state index is -3.62. The highest BCUT2D eigenvalue weighted by Gasteiger charge is 2.37. The largest absolute Gasteiger partial charge is 0.506 e. The normalized spacial score (nSPS) is 24.7. The van der Waals surface area contributed by atoms with E-state index >= 15 is 0 Å². The fourth-order valence-corrected chi connectivity index (χ4v) is 4.00. The number of hydrogen-bond donors (Lipinski definition) is 2. The molecular formula is C13H20N2O4S. The van der Waals surface area contributed by atoms with Crippen molar-refractivity contribution in [1.82, 2.24) is 4.31 Å². The van der Waals surface area contributed by atoms with Crippen molar-refractivity contribution >= 4 is 15.7 Å². The first-order valence-electron chi connectivity index (χ1n) is 6.42. The minimum absolute atomic E-state index is 0.0533. The van der Waals surface area contributed by atoms with Gasteiger partial charge in [0.25, 0.3) is 0 Å². The van der Waals surface area contributed by atoms with Crippen LogP contribution in [-0.4, -0.2) is 43.6 Å². The van der Waals surface area contributed by atoms with Crippen LogP contribution in [0.2, 0.25) is 0 Å². The molecule has 0 spiro atoms. The minimum Gasteiger partial charge on any atom is -0.506 e. The van der Waals surface area contributed by atoms with Crippen LogP contribution in [0.1, 0.15) is 19.8 Å². The monoisotopic (exact) mass is 300 g/mol. The zero-order valence-electron chi connectivity index (χ0n) is 11.7. The molecule has 1 fully saturated rings. The second kappa shape index (κ2) is 5.23. The first-order chi connectivity index (χ1) is 9.28. The van der Waals surface area contributed by atoms with Gasteiger partial charge in [-0.25, -0.2) is 8.42 Å². The van der Waals surface area contributed by atoms with E-state index in [0.717, 1.165) is 12.8 Å². The molecule has 2 rings (SSSR count). The number of nitrogens with two attached hydrogens (primary N) is 1. The molecule has 1 saturated heterocycles. The molecule has 20 heavy (non-hydrogen) atoms. The molecule has 1 aliphatic rings. The number of phenols is 1. The Morgan fingerprint density at radius 2 is 2.15 bits per heavy atom. The molecule has 1 aliphatic heterocycles. The summed E-state index contributed by atoms with van der Waals surface area (Å²) in [7, 11) is -2.03. The van der Waals surface area contributed by atoms with Crippen molar-refractivity contribution in [3.8, 4) is 5.75 Å². The van der Waals surface area contributed by atoms with Crippen LogP contribution < -0.4 is 5.73 Å². The van der Waals surface area contributed by atoms with Crippen molar-refractivity contribution < 1.29 is 18.3 Å². The van der Waals surface area contributed by atoms with E-state index in [1.54, 1.807) is 7.11 Å². The number of aromatic hydroxyl groups is 1. The lowest BCUT2D eigenvalue weighted by Crippen LogP contribution is -2.49. The topological polar surface area (TPSA) is 92.9 Å². The Balaban J connectivity index is 2.32. The van der Waals surface area contributed by atoms with Crippen molar-refractivity contribution in [2.75, 3.05) is 25.9 Å². The standard InChI is InChI=1S/C13H20N2O4S/c1-13(19-2)6-3-7-15(9-13)20(17,18)10-4-5-12(16)11(14)8-10/h4-5,8,16H,3,6-7,9,14H2,1-2H3. The third-order valence-corrected chi connectivity index (χ3v) is 5.59. The lowest BCUT2D eigenvalue weighted by molar-refractivity contribution is -0.0319. The maximum Gasteiger partial charge on any atom is 0.243 e. The van der Waals surface area contributed by atoms with Gasteiger partial charge in [-0.15, -0.1) is 0 Å². The van der Waals surface area contributed by atoms with Crippen LogP contribution >= 0.6 is 0 Å². The van der Waals surface area contributed by atoms with E-state index in [2.05, 4.69) is 0 Å². The van der Waals surface area contributed by atoms with Crippen LogP contribution in [-0.2, 0) is 14.8 Å². The number of sulfonamides is 1. The molecule has 112 valence electrons. The second-order valence-electron chi connectivity index (χ2n) is 5.32. The van der Waals surface area contributed by atoms with Crippen LogP contribution in [0.4, 0.5) is 5.69 Å². The molecule has 3 N–H and O–H groups in total. The molecule has 1 aromatic carbocycles. The van der Waals surface area contributed by atoms with E-state index in [0.29, 0.717) is 13.1 Å². The van der Waals surface area contributed by atoms with Crippen molar-refractivity contribution in [2.24, 2.45) is 0 Å². The zero-order valence-corrected chi connectivity index (χ0v) is 12.5. The maximum atomic E-state index is 12.6. The fraction of sp³-hybridized carbons (Fsp3) is 0.538. The summed E-state index contributed by atoms with van der Waals surface area (Å²) in [6, 6.07) is 3.94. The number of nitrogen functional groups attached to an aromatic ring is 1. The van der Waals surface area contributed by atoms with Gasteiger partial charge in [0.1, 0.15) is 5.75 Å². The van der Waals surface area contributed by atoms with Gasteiger partial charge in [0, 0.05) is 20.2 Å². The molecule has 6 nitrogen and oxygen atoms in total. The summed E-state index contributed by atoms with van der Waals surface area (Å²) >= 11 is 0. The predicted octanol–water partition coefficient (Wildman–Crippen LogP) is 1.16. The fourth-order valence-electron chi connectivity index (χ4n) is 2.37. The van der Waals surface area contributed by atoms with Crippen LogP contribution in [0.15, 0.2) is 23.1 Å². The third kappa shape index (κ3) is 2.74. The number of anilines is 1. The molecule has 0 radical (unpaired) electrons. The van der Waals surface area contributed by atoms with E-state index in [4.69, 9.17) is 10.5 Å². The average molecular weight is 300 g/mol. The summed E-state index contributed by atoms with van der Waals surface area (Å²) in [6.07, 6.45) is 1.57. The lowest BCUT2D eigenvalue weighted by Gasteiger charge is -2.38. The Morgan fingerprint density at radius 1 is 1.45 bits per heavy atom. The van der Waals surface area contributed by atoms with Crippen molar-refractivity contribution in [2.45, 2.75) is 30.3 Å². The molecule has 0 saturated carbocycles. The van der Waals surface area contributed by atoms with Gasteiger partial charge in [-0.2, -0.15) is 4.31 Å². The number of piperidine rings is 1. The first-order valence-corrected chi connectivity index (χ1v) is 7.86. The molecule has 1 unspecified atom stereocenters. The van der Waals surface area contributed by atoms with Crippen molar-refractivity contribution in [3.63, 3.8) is 0 Å². The second-order valence-corrected chi connectivity index (χ2v) is 7.25. The van der Waals surface area contributed by atoms with E-state index in [9.17, 15) is 13.5 Å². The van der Waals surface area contributed by atoms with Gasteiger partial charge >= 0.3 is 0 Å². The smallest absolute Gasteiger partial charge is 0.243 e. The molecule has 7 heteroatoms. The summed E-state index contributed by atoms with van der Waals surface area (Å²) in [6.45, 7) is 2.68. The summed E-state index contributed by atoms with van der Waals surface area (Å²) in [5.41, 5.74) is 5.16. The molecule has 1 atom stereocenters. The average Bonchev–Trinajstić information content (AvgIpc) is 2.42. The quantitative estimate of drug-likeness (QED) is 0.645. The number of benzene rings is 1. The SMILES string of the molecule is COC1(C)CCCN(S(=O)(=O)c2ccc(O)c(N)c2)C1. The molecule has 1 aromatic rings. The highest BCUT2D eigenvalue weighted by atomic mass is 32.2. The van der Waals surface area contributed by atoms with Crippen LogP contribution in [0.5, 0.6) is 5.75 Å². The number of ether oxygens (including phenoxy) is 1. The van der Waals surface area contributed by atoms with Crippen LogP contribution in [0.25, 0.3) is 0 Å². The highest BCUT2D eigenvalue weighted by molar-refractivity contribution is 7.89. The molecule has 0 bridgehead atoms. The molecule has 0 aliphatic carbocycles. The van der Waals surface area contributed by atoms with E-state index in [1.807, 2.05) is 6.92 Å². The Bertz CT molecular complexity index is 602. The maximum absolute atomic E-state index is 12.6. The Morgan fingerprint density at radius 3 is 2.75 bits per heavy atom. The first kappa shape index (κ1) is 15.1. The Hall–Kier alpha value is -1.31. The van der Waals surface area contributed by atoms with Gasteiger partial charge in [0.05, 0.1) is 16.2 Å². The van der Waals surface area contributed by atoms with E-state index in [1.165, 1.54) is 22.5 Å². The Labute approximate surface area is 119 Å². The predicted molar refractivity (Wildman–Crippen MR) is 75.9 cm³/mol. The van der Waals surface area contributed by atoms with Gasteiger partial charge in [-0.1, -0.05) is 0 Å². The van der Waals surface area contributed by atoms with Crippen molar-refractivity contribution in [1.29, 1.82) is 0 Å². The zero-order chi connectivity index (χ0) is 15.0. The molecule has 0 amide bonds. The van der Waals surface area contributed by atoms with Gasteiger partial charge in [-0.05, 0) is 38.0 Å². The molecule has 0 aromatic heterocycles. The lowest BCUT2D eigenvalue weighted by atomic mass is 9.96. The molecule has 1 heterocycles. The van der Waals surface area contributed by atoms with Crippen LogP contribution in [0, 0.1) is 0 Å². The summed E-state index contributed by atoms with van der Waals surface area (Å²) < 4.78 is 32.0. The third-order valence-electron chi connectivity index (χ3n) is 3.75. The number of nitrogens with zero attached hydrogens (tertiary/aromatic N) is 1. The van der Waals surface area contributed by atoms with Gasteiger partial charge in [-0.3, -0.25) is 0 Å². The number of methoxy groups -OCH3 is 1. The van der Waals surface area contributed by atoms with Crippen LogP contribution in [0.3, 0.4) is 0 Å². The van der Waals surface area contributed by atoms with Gasteiger partial charge < -0.3 is 15.6 Å². The highest BCUT2D eigenvalue weighted by Crippen LogP contribution is 2.30. The number of phenolic OH excluding ortho intramolecular Hbond substituents is 1. The number of hydrogen-bond acceptors (Lipinski definition) is 5. The number of rotatable bonds is 3. The summed E-state index contributed by atoms with van der Waals surface area (Å²) in [4.78, 5) is 0.0909.